The van der Waals surface area contributed by atoms with E-state index in [4.69, 9.17) is 33.0 Å². The van der Waals surface area contributed by atoms with Crippen LogP contribution >= 0.6 is 0 Å². The van der Waals surface area contributed by atoms with Gasteiger partial charge >= 0.3 is 16.4 Å². The largest absolute Gasteiger partial charge is 0.479 e. The number of aliphatic hydroxyl groups excluding tert-OH is 8. The summed E-state index contributed by atoms with van der Waals surface area (Å²) in [6.07, 6.45) is -27.9. The van der Waals surface area contributed by atoms with Gasteiger partial charge in [-0.25, -0.2) is 8.98 Å². The van der Waals surface area contributed by atoms with Crippen LogP contribution in [0.25, 0.3) is 0 Å². The minimum atomic E-state index is -5.37. The highest BCUT2D eigenvalue weighted by Crippen LogP contribution is 2.33. The molecule has 0 bridgehead atoms. The van der Waals surface area contributed by atoms with Crippen LogP contribution in [0.1, 0.15) is 0 Å². The normalized spacial score (nSPS) is 44.9. The molecule has 42 heavy (non-hydrogen) atoms. The Labute approximate surface area is 237 Å². The minimum Gasteiger partial charge on any atom is -0.479 e. The lowest BCUT2D eigenvalue weighted by atomic mass is 9.96. The Kier molecular flexibility index (Phi) is 12.1. The van der Waals surface area contributed by atoms with Crippen molar-refractivity contribution in [1.29, 1.82) is 0 Å². The molecule has 3 fully saturated rings. The lowest BCUT2D eigenvalue weighted by molar-refractivity contribution is -0.377. The molecule has 20 nitrogen and oxygen atoms in total. The predicted octanol–water partition coefficient (Wildman–Crippen LogP) is -6.44. The second kappa shape index (κ2) is 14.5. The summed E-state index contributed by atoms with van der Waals surface area (Å²) >= 11 is 0. The van der Waals surface area contributed by atoms with Crippen molar-refractivity contribution >= 4 is 16.4 Å². The molecule has 10 N–H and O–H groups in total. The lowest BCUT2D eigenvalue weighted by Gasteiger charge is -2.48. The maximum absolute atomic E-state index is 11.6. The lowest BCUT2D eigenvalue weighted by Crippen LogP contribution is -2.67. The smallest absolute Gasteiger partial charge is 0.397 e. The highest BCUT2D eigenvalue weighted by atomic mass is 32.3. The van der Waals surface area contributed by atoms with Gasteiger partial charge in [-0.3, -0.25) is 4.55 Å². The molecular formula is C21H34O20S. The molecule has 0 aliphatic carbocycles. The molecule has 3 rings (SSSR count). The van der Waals surface area contributed by atoms with Gasteiger partial charge in [-0.1, -0.05) is 6.08 Å². The van der Waals surface area contributed by atoms with Crippen molar-refractivity contribution in [2.75, 3.05) is 19.8 Å². The van der Waals surface area contributed by atoms with E-state index >= 15 is 0 Å². The third kappa shape index (κ3) is 7.77. The fourth-order valence-electron chi connectivity index (χ4n) is 4.56. The summed E-state index contributed by atoms with van der Waals surface area (Å²) in [5.74, 6) is -1.88. The third-order valence-corrected chi connectivity index (χ3v) is 7.09. The molecule has 0 aromatic carbocycles. The van der Waals surface area contributed by atoms with Crippen LogP contribution in [0.4, 0.5) is 0 Å². The molecule has 0 spiro atoms. The van der Waals surface area contributed by atoms with Gasteiger partial charge in [-0.15, -0.1) is 6.58 Å². The molecule has 0 unspecified atom stereocenters. The average Bonchev–Trinajstić information content (AvgIpc) is 2.92. The van der Waals surface area contributed by atoms with Crippen molar-refractivity contribution in [3.05, 3.63) is 12.7 Å². The first-order valence-electron chi connectivity index (χ1n) is 12.3. The van der Waals surface area contributed by atoms with Crippen molar-refractivity contribution in [3.63, 3.8) is 0 Å². The highest BCUT2D eigenvalue weighted by molar-refractivity contribution is 7.80. The molecule has 15 atom stereocenters. The van der Waals surface area contributed by atoms with Crippen molar-refractivity contribution in [3.8, 4) is 0 Å². The number of rotatable bonds is 12. The Morgan fingerprint density at radius 1 is 0.738 bits per heavy atom. The van der Waals surface area contributed by atoms with Gasteiger partial charge in [0.15, 0.2) is 25.0 Å². The fraction of sp³-hybridized carbons (Fsp3) is 0.857. The molecule has 0 amide bonds. The number of hydrogen-bond donors (Lipinski definition) is 10. The molecule has 0 aromatic heterocycles. The van der Waals surface area contributed by atoms with Gasteiger partial charge in [0.05, 0.1) is 19.8 Å². The van der Waals surface area contributed by atoms with Gasteiger partial charge in [0.2, 0.25) is 0 Å². The van der Waals surface area contributed by atoms with Crippen LogP contribution in [0.5, 0.6) is 0 Å². The quantitative estimate of drug-likeness (QED) is 0.0701. The van der Waals surface area contributed by atoms with Gasteiger partial charge in [0.1, 0.15) is 67.1 Å². The average molecular weight is 639 g/mol. The van der Waals surface area contributed by atoms with Crippen LogP contribution in [-0.2, 0) is 47.8 Å². The fourth-order valence-corrected chi connectivity index (χ4v) is 5.07. The first-order valence-corrected chi connectivity index (χ1v) is 13.7. The summed E-state index contributed by atoms with van der Waals surface area (Å²) < 4.78 is 67.5. The van der Waals surface area contributed by atoms with Crippen LogP contribution in [0.2, 0.25) is 0 Å². The molecule has 0 saturated carbocycles. The van der Waals surface area contributed by atoms with Gasteiger partial charge in [0, 0.05) is 0 Å². The van der Waals surface area contributed by atoms with Crippen LogP contribution in [0.3, 0.4) is 0 Å². The highest BCUT2D eigenvalue weighted by Gasteiger charge is 2.55. The molecule has 3 aliphatic rings. The second-order valence-electron chi connectivity index (χ2n) is 9.47. The van der Waals surface area contributed by atoms with Gasteiger partial charge in [-0.2, -0.15) is 8.42 Å². The number of aliphatic hydroxyl groups is 8. The number of carbonyl (C=O) groups is 1. The summed E-state index contributed by atoms with van der Waals surface area (Å²) in [4.78, 5) is 11.6. The molecule has 244 valence electrons. The predicted molar refractivity (Wildman–Crippen MR) is 126 cm³/mol. The number of carboxylic acids is 1. The maximum atomic E-state index is 11.6. The number of aliphatic carboxylic acids is 1. The van der Waals surface area contributed by atoms with Crippen molar-refractivity contribution in [2.24, 2.45) is 0 Å². The summed E-state index contributed by atoms with van der Waals surface area (Å²) in [7, 11) is -5.37. The minimum absolute atomic E-state index is 0.0946. The van der Waals surface area contributed by atoms with E-state index in [9.17, 15) is 59.2 Å². The first kappa shape index (κ1) is 35.0. The summed E-state index contributed by atoms with van der Waals surface area (Å²) in [5, 5.41) is 92.1. The van der Waals surface area contributed by atoms with Gasteiger partial charge in [-0.05, 0) is 0 Å². The zero-order chi connectivity index (χ0) is 31.5. The first-order chi connectivity index (χ1) is 19.6. The van der Waals surface area contributed by atoms with Crippen molar-refractivity contribution < 1.29 is 96.3 Å². The van der Waals surface area contributed by atoms with E-state index < -0.39 is 122 Å². The summed E-state index contributed by atoms with van der Waals surface area (Å²) in [6, 6.07) is 0. The number of hydrogen-bond acceptors (Lipinski definition) is 18. The topological polar surface area (TPSA) is 318 Å². The summed E-state index contributed by atoms with van der Waals surface area (Å²) in [6.45, 7) is 1.60. The molecule has 21 heteroatoms. The van der Waals surface area contributed by atoms with E-state index in [0.717, 1.165) is 0 Å². The second-order valence-corrected chi connectivity index (χ2v) is 10.5. The van der Waals surface area contributed by atoms with Crippen LogP contribution in [-0.4, -0.2) is 177 Å². The zero-order valence-corrected chi connectivity index (χ0v) is 22.3. The van der Waals surface area contributed by atoms with E-state index in [-0.39, 0.29) is 6.61 Å². The van der Waals surface area contributed by atoms with Crippen molar-refractivity contribution in [2.45, 2.75) is 92.1 Å². The van der Waals surface area contributed by atoms with Gasteiger partial charge < -0.3 is 74.4 Å². The van der Waals surface area contributed by atoms with Crippen LogP contribution in [0, 0.1) is 0 Å². The Morgan fingerprint density at radius 2 is 1.29 bits per heavy atom. The summed E-state index contributed by atoms with van der Waals surface area (Å²) in [5.41, 5.74) is 0. The standard InChI is InChI=1S/C21H34O20S/c1-2-3-35-19-10(26)9(25)14(7(5-23)37-19)38-20-12(28)15(8(24)6(4-22)36-20)39-21-13(29)16(41-42(32,33)34)11(27)17(40-21)18(30)31/h2,6-17,19-29H,1,3-5H2,(H,30,31)(H,32,33,34)/t6-,7-,8+,9-,10-,11+,12-,13-,14-,15+,16+,17+,19-,20+,21-/m1/s1. The zero-order valence-electron chi connectivity index (χ0n) is 21.5. The van der Waals surface area contributed by atoms with Crippen molar-refractivity contribution in [1.82, 2.24) is 0 Å². The molecular weight excluding hydrogens is 604 g/mol. The Morgan fingerprint density at radius 3 is 1.83 bits per heavy atom. The van der Waals surface area contributed by atoms with Crippen LogP contribution < -0.4 is 0 Å². The Balaban J connectivity index is 1.84. The molecule has 0 radical (unpaired) electrons. The van der Waals surface area contributed by atoms with Gasteiger partial charge in [0.25, 0.3) is 0 Å². The molecule has 0 aromatic rings. The Hall–Kier alpha value is -1.48. The van der Waals surface area contributed by atoms with E-state index in [2.05, 4.69) is 10.8 Å². The Bertz CT molecular complexity index is 1010. The SMILES string of the molecule is C=CCO[C@@H]1O[C@H](CO)[C@@H](O[C@@H]2O[C@H](CO)[C@H](O)[C@H](O[C@@H]3O[C@H](C(=O)O)[C@@H](O)[C@H](OS(=O)(=O)O)[C@H]3O)[C@H]2O)[C@H](O)[C@H]1O. The monoisotopic (exact) mass is 638 g/mol. The number of ether oxygens (including phenoxy) is 6. The molecule has 3 heterocycles. The van der Waals surface area contributed by atoms with E-state index in [1.807, 2.05) is 0 Å². The maximum Gasteiger partial charge on any atom is 0.397 e. The van der Waals surface area contributed by atoms with E-state index in [1.165, 1.54) is 6.08 Å². The number of carboxylic acid groups (broad SMARTS) is 1. The van der Waals surface area contributed by atoms with Crippen LogP contribution in [0.15, 0.2) is 12.7 Å². The van der Waals surface area contributed by atoms with E-state index in [1.54, 1.807) is 0 Å². The third-order valence-electron chi connectivity index (χ3n) is 6.62. The molecule has 3 aliphatic heterocycles. The molecule has 3 saturated heterocycles. The van der Waals surface area contributed by atoms with E-state index in [0.29, 0.717) is 0 Å².